The maximum atomic E-state index is 11.5. The normalized spacial score (nSPS) is 17.2. The number of morpholine rings is 1. The van der Waals surface area contributed by atoms with Gasteiger partial charge in [0.1, 0.15) is 6.29 Å². The van der Waals surface area contributed by atoms with E-state index in [4.69, 9.17) is 10.5 Å². The number of rotatable bonds is 10. The van der Waals surface area contributed by atoms with Crippen LogP contribution < -0.4 is 26.6 Å². The summed E-state index contributed by atoms with van der Waals surface area (Å²) in [4.78, 5) is 13.9. The summed E-state index contributed by atoms with van der Waals surface area (Å²) >= 11 is 0. The van der Waals surface area contributed by atoms with Crippen LogP contribution in [0.2, 0.25) is 0 Å². The Balaban J connectivity index is 0.000000287. The van der Waals surface area contributed by atoms with Gasteiger partial charge in [-0.15, -0.1) is 0 Å². The topological polar surface area (TPSA) is 91.6 Å². The Hall–Kier alpha value is -2.61. The molecule has 0 aliphatic carbocycles. The Labute approximate surface area is 210 Å². The fourth-order valence-corrected chi connectivity index (χ4v) is 4.68. The highest BCUT2D eigenvalue weighted by Crippen LogP contribution is 2.31. The van der Waals surface area contributed by atoms with Gasteiger partial charge in [-0.2, -0.15) is 0 Å². The molecule has 0 atom stereocenters. The number of hydrogen-bond acceptors (Lipinski definition) is 7. The van der Waals surface area contributed by atoms with Crippen molar-refractivity contribution in [2.75, 3.05) is 68.4 Å². The van der Waals surface area contributed by atoms with Crippen LogP contribution in [0.4, 0.5) is 17.1 Å². The zero-order valence-electron chi connectivity index (χ0n) is 21.2. The van der Waals surface area contributed by atoms with Gasteiger partial charge in [0.15, 0.2) is 0 Å². The van der Waals surface area contributed by atoms with E-state index in [1.165, 1.54) is 17.5 Å². The molecule has 192 valence electrons. The number of aldehydes is 1. The largest absolute Gasteiger partial charge is 0.397 e. The molecule has 7 heteroatoms. The molecule has 2 aliphatic heterocycles. The van der Waals surface area contributed by atoms with Crippen LogP contribution in [0.5, 0.6) is 0 Å². The minimum Gasteiger partial charge on any atom is -0.397 e. The van der Waals surface area contributed by atoms with E-state index in [-0.39, 0.29) is 5.41 Å². The summed E-state index contributed by atoms with van der Waals surface area (Å²) in [5.41, 5.74) is 10.00. The summed E-state index contributed by atoms with van der Waals surface area (Å²) < 4.78 is 5.43. The van der Waals surface area contributed by atoms with Crippen LogP contribution in [-0.2, 0) is 16.1 Å². The number of nitrogens with one attached hydrogen (secondary N) is 3. The highest BCUT2D eigenvalue weighted by atomic mass is 16.5. The average molecular weight is 482 g/mol. The first-order chi connectivity index (χ1) is 17.2. The monoisotopic (exact) mass is 481 g/mol. The Kier molecular flexibility index (Phi) is 11.3. The molecule has 2 heterocycles. The highest BCUT2D eigenvalue weighted by Gasteiger charge is 2.30. The first-order valence-electron chi connectivity index (χ1n) is 13.0. The van der Waals surface area contributed by atoms with Gasteiger partial charge < -0.3 is 36.1 Å². The predicted molar refractivity (Wildman–Crippen MR) is 146 cm³/mol. The lowest BCUT2D eigenvalue weighted by atomic mass is 9.77. The summed E-state index contributed by atoms with van der Waals surface area (Å²) in [5.74, 6) is 0. The Morgan fingerprint density at radius 2 is 1.89 bits per heavy atom. The van der Waals surface area contributed by atoms with Gasteiger partial charge in [0.05, 0.1) is 24.6 Å². The fraction of sp³-hybridized carbons (Fsp3) is 0.536. The van der Waals surface area contributed by atoms with E-state index in [2.05, 4.69) is 45.1 Å². The maximum absolute atomic E-state index is 11.5. The van der Waals surface area contributed by atoms with Crippen LogP contribution >= 0.6 is 0 Å². The molecule has 4 rings (SSSR count). The number of anilines is 3. The van der Waals surface area contributed by atoms with Gasteiger partial charge in [-0.3, -0.25) is 0 Å². The van der Waals surface area contributed by atoms with Crippen LogP contribution in [0.15, 0.2) is 48.5 Å². The first kappa shape index (κ1) is 27.0. The third kappa shape index (κ3) is 8.84. The fourth-order valence-electron chi connectivity index (χ4n) is 4.68. The molecule has 5 N–H and O–H groups in total. The van der Waals surface area contributed by atoms with Gasteiger partial charge >= 0.3 is 0 Å². The lowest BCUT2D eigenvalue weighted by Crippen LogP contribution is -2.38. The van der Waals surface area contributed by atoms with Crippen molar-refractivity contribution in [3.8, 4) is 0 Å². The zero-order valence-corrected chi connectivity index (χ0v) is 21.2. The minimum absolute atomic E-state index is 0.0802. The molecule has 2 aliphatic rings. The Morgan fingerprint density at radius 3 is 2.60 bits per heavy atom. The number of benzene rings is 2. The second kappa shape index (κ2) is 14.7. The third-order valence-electron chi connectivity index (χ3n) is 6.82. The Bertz CT molecular complexity index is 879. The van der Waals surface area contributed by atoms with E-state index >= 15 is 0 Å². The van der Waals surface area contributed by atoms with Crippen LogP contribution in [-0.4, -0.2) is 58.8 Å². The van der Waals surface area contributed by atoms with Crippen molar-refractivity contribution < 1.29 is 9.53 Å². The number of carbonyl (C=O) groups is 1. The standard InChI is InChI=1S/C20H31N3O2.C8H12N2/c24-17-20(6-9-21-10-7-20)5-2-8-22-16-18-3-1-4-19(15-18)23-11-13-25-14-12-23;1-2-10-8-6-4-3-5-7(8)9/h1,3-4,15,17,21-22H,2,5-14,16H2;3-6,10H,2,9H2,1H3. The summed E-state index contributed by atoms with van der Waals surface area (Å²) in [6.07, 6.45) is 5.23. The predicted octanol–water partition coefficient (Wildman–Crippen LogP) is 3.66. The minimum atomic E-state index is -0.0802. The van der Waals surface area contributed by atoms with Crippen molar-refractivity contribution in [1.82, 2.24) is 10.6 Å². The van der Waals surface area contributed by atoms with E-state index in [0.29, 0.717) is 0 Å². The van der Waals surface area contributed by atoms with Crippen LogP contribution in [0.3, 0.4) is 0 Å². The summed E-state index contributed by atoms with van der Waals surface area (Å²) in [6.45, 7) is 10.3. The molecule has 2 fully saturated rings. The molecule has 0 saturated carbocycles. The number of piperidine rings is 1. The number of hydrogen-bond donors (Lipinski definition) is 4. The van der Waals surface area contributed by atoms with Gasteiger partial charge in [0, 0.05) is 37.3 Å². The summed E-state index contributed by atoms with van der Waals surface area (Å²) in [7, 11) is 0. The molecule has 0 bridgehead atoms. The van der Waals surface area contributed by atoms with E-state index in [9.17, 15) is 4.79 Å². The molecule has 0 unspecified atom stereocenters. The van der Waals surface area contributed by atoms with Crippen LogP contribution in [0.25, 0.3) is 0 Å². The van der Waals surface area contributed by atoms with E-state index in [1.807, 2.05) is 31.2 Å². The van der Waals surface area contributed by atoms with Gasteiger partial charge in [-0.1, -0.05) is 24.3 Å². The number of carbonyl (C=O) groups excluding carboxylic acids is 1. The summed E-state index contributed by atoms with van der Waals surface area (Å²) in [6, 6.07) is 16.5. The summed E-state index contributed by atoms with van der Waals surface area (Å²) in [5, 5.41) is 10.0. The smallest absolute Gasteiger partial charge is 0.126 e. The lowest BCUT2D eigenvalue weighted by molar-refractivity contribution is -0.118. The average Bonchev–Trinajstić information content (AvgIpc) is 2.91. The Morgan fingerprint density at radius 1 is 1.11 bits per heavy atom. The number of ether oxygens (including phenoxy) is 1. The maximum Gasteiger partial charge on any atom is 0.126 e. The van der Waals surface area contributed by atoms with Crippen LogP contribution in [0.1, 0.15) is 38.2 Å². The van der Waals surface area contributed by atoms with Crippen molar-refractivity contribution in [3.05, 3.63) is 54.1 Å². The first-order valence-corrected chi connectivity index (χ1v) is 13.0. The molecule has 0 radical (unpaired) electrons. The van der Waals surface area contributed by atoms with Crippen LogP contribution in [0, 0.1) is 5.41 Å². The molecule has 35 heavy (non-hydrogen) atoms. The molecule has 2 saturated heterocycles. The number of nitrogen functional groups attached to an aromatic ring is 1. The highest BCUT2D eigenvalue weighted by molar-refractivity contribution is 5.65. The van der Waals surface area contributed by atoms with Gasteiger partial charge in [-0.25, -0.2) is 0 Å². The number of nitrogens with zero attached hydrogens (tertiary/aromatic N) is 1. The second-order valence-electron chi connectivity index (χ2n) is 9.40. The molecule has 2 aromatic carbocycles. The molecule has 7 nitrogen and oxygen atoms in total. The molecular weight excluding hydrogens is 438 g/mol. The van der Waals surface area contributed by atoms with Gasteiger partial charge in [0.25, 0.3) is 0 Å². The SMILES string of the molecule is CCNc1ccccc1N.O=CC1(CCCNCc2cccc(N3CCOCC3)c2)CCNCC1. The van der Waals surface area contributed by atoms with Crippen molar-refractivity contribution in [3.63, 3.8) is 0 Å². The third-order valence-corrected chi connectivity index (χ3v) is 6.82. The van der Waals surface area contributed by atoms with E-state index in [1.54, 1.807) is 0 Å². The number of para-hydroxylation sites is 2. The van der Waals surface area contributed by atoms with E-state index < -0.39 is 0 Å². The van der Waals surface area contributed by atoms with Gasteiger partial charge in [0.2, 0.25) is 0 Å². The van der Waals surface area contributed by atoms with Gasteiger partial charge in [-0.05, 0) is 82.1 Å². The molecule has 2 aromatic rings. The second-order valence-corrected chi connectivity index (χ2v) is 9.40. The van der Waals surface area contributed by atoms with Crippen molar-refractivity contribution in [2.24, 2.45) is 5.41 Å². The quantitative estimate of drug-likeness (QED) is 0.234. The van der Waals surface area contributed by atoms with Crippen molar-refractivity contribution >= 4 is 23.3 Å². The molecule has 0 spiro atoms. The molecular formula is C28H43N5O2. The van der Waals surface area contributed by atoms with Crippen molar-refractivity contribution in [1.29, 1.82) is 0 Å². The van der Waals surface area contributed by atoms with Crippen molar-refractivity contribution in [2.45, 2.75) is 39.2 Å². The lowest BCUT2D eigenvalue weighted by Gasteiger charge is -2.32. The van der Waals surface area contributed by atoms with E-state index in [0.717, 1.165) is 96.1 Å². The molecule has 0 amide bonds. The molecule has 0 aromatic heterocycles. The zero-order chi connectivity index (χ0) is 24.8. The number of nitrogens with two attached hydrogens (primary N) is 1.